The van der Waals surface area contributed by atoms with Crippen molar-refractivity contribution in [1.29, 1.82) is 0 Å². The highest BCUT2D eigenvalue weighted by molar-refractivity contribution is 6.08. The third-order valence-corrected chi connectivity index (χ3v) is 7.77. The van der Waals surface area contributed by atoms with Crippen LogP contribution < -0.4 is 20.5 Å². The molecule has 5 rings (SSSR count). The number of carbonyl (C=O) groups excluding carboxylic acids is 2. The molecule has 0 bridgehead atoms. The van der Waals surface area contributed by atoms with Crippen LogP contribution in [0.25, 0.3) is 22.0 Å². The zero-order valence-corrected chi connectivity index (χ0v) is 26.6. The Morgan fingerprint density at radius 3 is 2.29 bits per heavy atom. The SMILES string of the molecule is CCNC(=O)c1cc2c(-c3ccc(C(=O)N(CCN(C)C)c4ccccc4)cc3Oc3c(C)cccc3C)cn(C)c(=O)c2[nH]1. The Balaban J connectivity index is 1.69. The van der Waals surface area contributed by atoms with Gasteiger partial charge in [0.25, 0.3) is 17.4 Å². The predicted octanol–water partition coefficient (Wildman–Crippen LogP) is 5.90. The average molecular weight is 606 g/mol. The lowest BCUT2D eigenvalue weighted by atomic mass is 10.00. The molecule has 9 nitrogen and oxygen atoms in total. The first kappa shape index (κ1) is 31.3. The summed E-state index contributed by atoms with van der Waals surface area (Å²) in [7, 11) is 5.63. The first-order valence-corrected chi connectivity index (χ1v) is 15.0. The first-order valence-electron chi connectivity index (χ1n) is 15.0. The number of rotatable bonds is 10. The lowest BCUT2D eigenvalue weighted by Crippen LogP contribution is -2.36. The van der Waals surface area contributed by atoms with Gasteiger partial charge in [0.2, 0.25) is 0 Å². The van der Waals surface area contributed by atoms with Gasteiger partial charge in [-0.15, -0.1) is 0 Å². The molecule has 2 heterocycles. The summed E-state index contributed by atoms with van der Waals surface area (Å²) in [6, 6.07) is 22.6. The van der Waals surface area contributed by atoms with Gasteiger partial charge in [-0.25, -0.2) is 0 Å². The van der Waals surface area contributed by atoms with E-state index in [2.05, 4.69) is 10.3 Å². The molecule has 0 aliphatic rings. The zero-order chi connectivity index (χ0) is 32.2. The van der Waals surface area contributed by atoms with Gasteiger partial charge in [0, 0.05) is 60.6 Å². The lowest BCUT2D eigenvalue weighted by Gasteiger charge is -2.25. The highest BCUT2D eigenvalue weighted by Crippen LogP contribution is 2.39. The van der Waals surface area contributed by atoms with E-state index in [4.69, 9.17) is 4.74 Å². The van der Waals surface area contributed by atoms with Crippen molar-refractivity contribution in [2.24, 2.45) is 7.05 Å². The maximum absolute atomic E-state index is 14.2. The number of para-hydroxylation sites is 2. The minimum Gasteiger partial charge on any atom is -0.456 e. The molecule has 0 atom stereocenters. The van der Waals surface area contributed by atoms with Crippen LogP contribution in [0.1, 0.15) is 38.9 Å². The van der Waals surface area contributed by atoms with E-state index in [1.807, 2.05) is 94.4 Å². The Hall–Kier alpha value is -5.15. The van der Waals surface area contributed by atoms with Crippen molar-refractivity contribution in [3.05, 3.63) is 112 Å². The molecule has 2 aromatic heterocycles. The molecule has 3 aromatic carbocycles. The Bertz CT molecular complexity index is 1900. The largest absolute Gasteiger partial charge is 0.456 e. The fourth-order valence-corrected chi connectivity index (χ4v) is 5.37. The van der Waals surface area contributed by atoms with E-state index in [9.17, 15) is 14.4 Å². The monoisotopic (exact) mass is 605 g/mol. The minimum atomic E-state index is -0.298. The van der Waals surface area contributed by atoms with Crippen molar-refractivity contribution in [2.75, 3.05) is 38.6 Å². The summed E-state index contributed by atoms with van der Waals surface area (Å²) in [6.45, 7) is 7.43. The number of hydrogen-bond donors (Lipinski definition) is 2. The van der Waals surface area contributed by atoms with Crippen LogP contribution >= 0.6 is 0 Å². The Kier molecular flexibility index (Phi) is 9.20. The molecule has 2 amide bonds. The summed E-state index contributed by atoms with van der Waals surface area (Å²) >= 11 is 0. The van der Waals surface area contributed by atoms with Crippen LogP contribution in [0.4, 0.5) is 5.69 Å². The molecular formula is C36H39N5O4. The number of aromatic nitrogens is 2. The second-order valence-corrected chi connectivity index (χ2v) is 11.4. The van der Waals surface area contributed by atoms with Gasteiger partial charge in [0.05, 0.1) is 0 Å². The summed E-state index contributed by atoms with van der Waals surface area (Å²) in [4.78, 5) is 46.8. The first-order chi connectivity index (χ1) is 21.6. The van der Waals surface area contributed by atoms with Gasteiger partial charge in [-0.1, -0.05) is 36.4 Å². The fourth-order valence-electron chi connectivity index (χ4n) is 5.37. The molecule has 0 aliphatic carbocycles. The molecule has 0 radical (unpaired) electrons. The molecule has 0 spiro atoms. The van der Waals surface area contributed by atoms with Crippen LogP contribution in [0.15, 0.2) is 83.8 Å². The minimum absolute atomic E-state index is 0.160. The number of nitrogens with one attached hydrogen (secondary N) is 2. The highest BCUT2D eigenvalue weighted by Gasteiger charge is 2.23. The number of amides is 2. The van der Waals surface area contributed by atoms with Gasteiger partial charge in [-0.3, -0.25) is 14.4 Å². The predicted molar refractivity (Wildman–Crippen MR) is 180 cm³/mol. The number of hydrogen-bond acceptors (Lipinski definition) is 5. The van der Waals surface area contributed by atoms with Crippen molar-refractivity contribution in [2.45, 2.75) is 20.8 Å². The lowest BCUT2D eigenvalue weighted by molar-refractivity contribution is 0.0950. The fraction of sp³-hybridized carbons (Fsp3) is 0.250. The molecule has 0 aliphatic heterocycles. The molecule has 0 saturated carbocycles. The van der Waals surface area contributed by atoms with Crippen LogP contribution in [0.5, 0.6) is 11.5 Å². The number of aromatic amines is 1. The van der Waals surface area contributed by atoms with Gasteiger partial charge in [-0.2, -0.15) is 0 Å². The van der Waals surface area contributed by atoms with E-state index in [-0.39, 0.29) is 17.4 Å². The second-order valence-electron chi connectivity index (χ2n) is 11.4. The number of carbonyl (C=O) groups is 2. The Morgan fingerprint density at radius 1 is 0.911 bits per heavy atom. The van der Waals surface area contributed by atoms with Gasteiger partial charge in [-0.05, 0) is 82.4 Å². The molecule has 232 valence electrons. The zero-order valence-electron chi connectivity index (χ0n) is 26.6. The van der Waals surface area contributed by atoms with E-state index in [0.717, 1.165) is 16.8 Å². The van der Waals surface area contributed by atoms with Crippen molar-refractivity contribution >= 4 is 28.4 Å². The molecule has 9 heteroatoms. The second kappa shape index (κ2) is 13.2. The number of anilines is 1. The van der Waals surface area contributed by atoms with Crippen LogP contribution in [-0.2, 0) is 7.05 Å². The third-order valence-electron chi connectivity index (χ3n) is 7.77. The quantitative estimate of drug-likeness (QED) is 0.207. The van der Waals surface area contributed by atoms with E-state index in [1.165, 1.54) is 4.57 Å². The Morgan fingerprint density at radius 2 is 1.62 bits per heavy atom. The maximum atomic E-state index is 14.2. The topological polar surface area (TPSA) is 99.7 Å². The van der Waals surface area contributed by atoms with Crippen molar-refractivity contribution in [3.63, 3.8) is 0 Å². The van der Waals surface area contributed by atoms with Gasteiger partial charge in [0.1, 0.15) is 22.7 Å². The number of likely N-dealkylation sites (N-methyl/N-ethyl adjacent to an activating group) is 1. The standard InChI is InChI=1S/C36H39N5O4/c1-7-37-34(42)30-21-28-29(22-40(6)36(44)32(28)38-30)27-17-16-25(20-31(27)45-33-23(2)12-11-13-24(33)3)35(43)41(19-18-39(4)5)26-14-9-8-10-15-26/h8-17,20-22,38H,7,18-19H2,1-6H3,(H,37,42). The molecule has 0 fully saturated rings. The maximum Gasteiger partial charge on any atom is 0.274 e. The van der Waals surface area contributed by atoms with Gasteiger partial charge < -0.3 is 29.4 Å². The molecular weight excluding hydrogens is 566 g/mol. The number of aryl methyl sites for hydroxylation is 3. The number of nitrogens with zero attached hydrogens (tertiary/aromatic N) is 3. The molecule has 0 saturated heterocycles. The van der Waals surface area contributed by atoms with Gasteiger partial charge in [0.15, 0.2) is 0 Å². The summed E-state index contributed by atoms with van der Waals surface area (Å²) in [5, 5.41) is 3.37. The molecule has 0 unspecified atom stereocenters. The molecule has 5 aromatic rings. The number of H-pyrrole nitrogens is 1. The van der Waals surface area contributed by atoms with Gasteiger partial charge >= 0.3 is 0 Å². The number of benzene rings is 3. The summed E-state index contributed by atoms with van der Waals surface area (Å²) in [6.07, 6.45) is 1.74. The summed E-state index contributed by atoms with van der Waals surface area (Å²) in [5.74, 6) is 0.689. The summed E-state index contributed by atoms with van der Waals surface area (Å²) < 4.78 is 8.14. The van der Waals surface area contributed by atoms with E-state index >= 15 is 0 Å². The smallest absolute Gasteiger partial charge is 0.274 e. The number of pyridine rings is 1. The molecule has 45 heavy (non-hydrogen) atoms. The molecule has 2 N–H and O–H groups in total. The van der Waals surface area contributed by atoms with Crippen molar-refractivity contribution < 1.29 is 14.3 Å². The van der Waals surface area contributed by atoms with Crippen molar-refractivity contribution in [3.8, 4) is 22.6 Å². The third kappa shape index (κ3) is 6.53. The van der Waals surface area contributed by atoms with Crippen LogP contribution in [0.3, 0.4) is 0 Å². The van der Waals surface area contributed by atoms with Crippen LogP contribution in [-0.4, -0.2) is 60.0 Å². The normalized spacial score (nSPS) is 11.2. The van der Waals surface area contributed by atoms with E-state index in [1.54, 1.807) is 36.3 Å². The number of fused-ring (bicyclic) bond motifs is 1. The highest BCUT2D eigenvalue weighted by atomic mass is 16.5. The van der Waals surface area contributed by atoms with E-state index in [0.29, 0.717) is 64.4 Å². The average Bonchev–Trinajstić information content (AvgIpc) is 3.48. The Labute approximate surface area is 263 Å². The van der Waals surface area contributed by atoms with Crippen LogP contribution in [0.2, 0.25) is 0 Å². The number of ether oxygens (including phenoxy) is 1. The summed E-state index contributed by atoms with van der Waals surface area (Å²) in [5.41, 5.74) is 4.86. The van der Waals surface area contributed by atoms with E-state index < -0.39 is 0 Å². The van der Waals surface area contributed by atoms with Crippen LogP contribution in [0, 0.1) is 13.8 Å². The van der Waals surface area contributed by atoms with Crippen molar-refractivity contribution in [1.82, 2.24) is 19.8 Å².